The Hall–Kier alpha value is -0.980. The van der Waals surface area contributed by atoms with Crippen LogP contribution in [0, 0.1) is 0 Å². The third-order valence-electron chi connectivity index (χ3n) is 3.16. The topological polar surface area (TPSA) is 12.0 Å². The molecule has 0 saturated carbocycles. The van der Waals surface area contributed by atoms with Crippen LogP contribution in [-0.4, -0.2) is 6.54 Å². The summed E-state index contributed by atoms with van der Waals surface area (Å²) < 4.78 is 0. The Kier molecular flexibility index (Phi) is 2.06. The molecule has 0 aromatic heterocycles. The van der Waals surface area contributed by atoms with Crippen LogP contribution >= 0.6 is 0 Å². The van der Waals surface area contributed by atoms with Gasteiger partial charge in [-0.2, -0.15) is 0 Å². The predicted molar refractivity (Wildman–Crippen MR) is 62.0 cm³/mol. The van der Waals surface area contributed by atoms with Gasteiger partial charge in [0.05, 0.1) is 0 Å². The number of nitrogens with one attached hydrogen (secondary N) is 1. The zero-order valence-electron chi connectivity index (χ0n) is 9.52. The lowest BCUT2D eigenvalue weighted by molar-refractivity contribution is 0.586. The van der Waals surface area contributed by atoms with E-state index in [1.807, 2.05) is 0 Å². The fourth-order valence-electron chi connectivity index (χ4n) is 2.07. The average molecular weight is 189 g/mol. The van der Waals surface area contributed by atoms with Gasteiger partial charge in [-0.1, -0.05) is 39.8 Å². The molecule has 0 bridgehead atoms. The first-order valence-electron chi connectivity index (χ1n) is 5.39. The van der Waals surface area contributed by atoms with Gasteiger partial charge in [-0.05, 0) is 23.1 Å². The molecular weight excluding hydrogens is 170 g/mol. The molecule has 0 amide bonds. The molecule has 1 N–H and O–H groups in total. The maximum Gasteiger partial charge on any atom is 0.0382 e. The average Bonchev–Trinajstić information content (AvgIpc) is 2.42. The van der Waals surface area contributed by atoms with Crippen molar-refractivity contribution in [1.82, 2.24) is 0 Å². The van der Waals surface area contributed by atoms with Crippen LogP contribution in [0.15, 0.2) is 18.2 Å². The van der Waals surface area contributed by atoms with E-state index in [0.29, 0.717) is 11.3 Å². The maximum atomic E-state index is 3.49. The standard InChI is InChI=1S/C13H19N/c1-9(2)10-5-6-11-12(7-10)14-8-13(11,3)4/h5-7,9,14H,8H2,1-4H3. The second-order valence-corrected chi connectivity index (χ2v) is 5.20. The molecule has 76 valence electrons. The Labute approximate surface area is 86.5 Å². The van der Waals surface area contributed by atoms with Gasteiger partial charge in [-0.15, -0.1) is 0 Å². The van der Waals surface area contributed by atoms with Gasteiger partial charge >= 0.3 is 0 Å². The molecule has 0 fully saturated rings. The lowest BCUT2D eigenvalue weighted by Gasteiger charge is -2.17. The van der Waals surface area contributed by atoms with E-state index in [1.54, 1.807) is 0 Å². The summed E-state index contributed by atoms with van der Waals surface area (Å²) in [5, 5.41) is 3.49. The number of anilines is 1. The summed E-state index contributed by atoms with van der Waals surface area (Å²) in [6.07, 6.45) is 0. The zero-order chi connectivity index (χ0) is 10.3. The van der Waals surface area contributed by atoms with E-state index in [2.05, 4.69) is 51.2 Å². The van der Waals surface area contributed by atoms with Crippen LogP contribution in [0.3, 0.4) is 0 Å². The number of rotatable bonds is 1. The van der Waals surface area contributed by atoms with E-state index in [-0.39, 0.29) is 0 Å². The first kappa shape index (κ1) is 9.57. The molecule has 1 aliphatic rings. The van der Waals surface area contributed by atoms with Crippen molar-refractivity contribution >= 4 is 5.69 Å². The Morgan fingerprint density at radius 2 is 2.00 bits per heavy atom. The summed E-state index contributed by atoms with van der Waals surface area (Å²) in [5.41, 5.74) is 4.52. The lowest BCUT2D eigenvalue weighted by Crippen LogP contribution is -2.18. The molecule has 0 aliphatic carbocycles. The third-order valence-corrected chi connectivity index (χ3v) is 3.16. The second kappa shape index (κ2) is 3.01. The van der Waals surface area contributed by atoms with Gasteiger partial charge in [-0.25, -0.2) is 0 Å². The molecule has 0 atom stereocenters. The van der Waals surface area contributed by atoms with Crippen molar-refractivity contribution in [2.24, 2.45) is 0 Å². The number of fused-ring (bicyclic) bond motifs is 1. The number of benzene rings is 1. The highest BCUT2D eigenvalue weighted by molar-refractivity contribution is 5.61. The summed E-state index contributed by atoms with van der Waals surface area (Å²) >= 11 is 0. The molecule has 1 aromatic carbocycles. The van der Waals surface area contributed by atoms with Crippen molar-refractivity contribution in [2.45, 2.75) is 39.0 Å². The van der Waals surface area contributed by atoms with E-state index < -0.39 is 0 Å². The monoisotopic (exact) mass is 189 g/mol. The summed E-state index contributed by atoms with van der Waals surface area (Å²) in [6, 6.07) is 6.84. The van der Waals surface area contributed by atoms with Crippen molar-refractivity contribution in [3.8, 4) is 0 Å². The number of hydrogen-bond donors (Lipinski definition) is 1. The predicted octanol–water partition coefficient (Wildman–Crippen LogP) is 3.51. The maximum absolute atomic E-state index is 3.49. The molecule has 1 aliphatic heterocycles. The van der Waals surface area contributed by atoms with Gasteiger partial charge in [0.25, 0.3) is 0 Å². The molecule has 1 heteroatoms. The smallest absolute Gasteiger partial charge is 0.0382 e. The molecule has 1 aromatic rings. The van der Waals surface area contributed by atoms with E-state index in [0.717, 1.165) is 6.54 Å². The molecule has 0 unspecified atom stereocenters. The van der Waals surface area contributed by atoms with E-state index in [9.17, 15) is 0 Å². The Balaban J connectivity index is 2.44. The van der Waals surface area contributed by atoms with Crippen LogP contribution in [-0.2, 0) is 5.41 Å². The van der Waals surface area contributed by atoms with Crippen LogP contribution in [0.4, 0.5) is 5.69 Å². The van der Waals surface area contributed by atoms with Crippen LogP contribution in [0.5, 0.6) is 0 Å². The number of hydrogen-bond acceptors (Lipinski definition) is 1. The Morgan fingerprint density at radius 3 is 2.64 bits per heavy atom. The minimum Gasteiger partial charge on any atom is -0.384 e. The molecule has 1 nitrogen and oxygen atoms in total. The normalized spacial score (nSPS) is 18.1. The first-order valence-corrected chi connectivity index (χ1v) is 5.39. The Morgan fingerprint density at radius 1 is 1.29 bits per heavy atom. The third kappa shape index (κ3) is 1.41. The second-order valence-electron chi connectivity index (χ2n) is 5.20. The van der Waals surface area contributed by atoms with Crippen molar-refractivity contribution in [1.29, 1.82) is 0 Å². The van der Waals surface area contributed by atoms with E-state index in [4.69, 9.17) is 0 Å². The van der Waals surface area contributed by atoms with Gasteiger partial charge in [-0.3, -0.25) is 0 Å². The molecule has 1 heterocycles. The van der Waals surface area contributed by atoms with Crippen LogP contribution in [0.1, 0.15) is 44.7 Å². The van der Waals surface area contributed by atoms with Gasteiger partial charge < -0.3 is 5.32 Å². The van der Waals surface area contributed by atoms with E-state index in [1.165, 1.54) is 16.8 Å². The fourth-order valence-corrected chi connectivity index (χ4v) is 2.07. The highest BCUT2D eigenvalue weighted by Crippen LogP contribution is 2.37. The van der Waals surface area contributed by atoms with Gasteiger partial charge in [0.1, 0.15) is 0 Å². The zero-order valence-corrected chi connectivity index (χ0v) is 9.52. The Bertz CT molecular complexity index is 350. The summed E-state index contributed by atoms with van der Waals surface area (Å²) in [6.45, 7) is 10.1. The van der Waals surface area contributed by atoms with Gasteiger partial charge in [0, 0.05) is 17.6 Å². The van der Waals surface area contributed by atoms with Crippen molar-refractivity contribution in [3.63, 3.8) is 0 Å². The van der Waals surface area contributed by atoms with Gasteiger partial charge in [0.15, 0.2) is 0 Å². The molecule has 2 rings (SSSR count). The SMILES string of the molecule is CC(C)c1ccc2c(c1)NCC2(C)C. The summed E-state index contributed by atoms with van der Waals surface area (Å²) in [4.78, 5) is 0. The summed E-state index contributed by atoms with van der Waals surface area (Å²) in [7, 11) is 0. The van der Waals surface area contributed by atoms with E-state index >= 15 is 0 Å². The highest BCUT2D eigenvalue weighted by Gasteiger charge is 2.29. The minimum atomic E-state index is 0.296. The summed E-state index contributed by atoms with van der Waals surface area (Å²) in [5.74, 6) is 0.616. The molecule has 14 heavy (non-hydrogen) atoms. The lowest BCUT2D eigenvalue weighted by atomic mass is 9.86. The molecular formula is C13H19N. The minimum absolute atomic E-state index is 0.296. The quantitative estimate of drug-likeness (QED) is 0.712. The van der Waals surface area contributed by atoms with Crippen molar-refractivity contribution in [2.75, 3.05) is 11.9 Å². The van der Waals surface area contributed by atoms with Crippen molar-refractivity contribution in [3.05, 3.63) is 29.3 Å². The van der Waals surface area contributed by atoms with Gasteiger partial charge in [0.2, 0.25) is 0 Å². The fraction of sp³-hybridized carbons (Fsp3) is 0.538. The molecule has 0 radical (unpaired) electrons. The molecule has 0 spiro atoms. The van der Waals surface area contributed by atoms with Crippen LogP contribution in [0.25, 0.3) is 0 Å². The first-order chi connectivity index (χ1) is 6.50. The molecule has 0 saturated heterocycles. The van der Waals surface area contributed by atoms with Crippen molar-refractivity contribution < 1.29 is 0 Å². The largest absolute Gasteiger partial charge is 0.384 e. The van der Waals surface area contributed by atoms with Crippen LogP contribution < -0.4 is 5.32 Å². The highest BCUT2D eigenvalue weighted by atomic mass is 14.9. The van der Waals surface area contributed by atoms with Crippen LogP contribution in [0.2, 0.25) is 0 Å².